The van der Waals surface area contributed by atoms with E-state index in [0.29, 0.717) is 24.8 Å². The van der Waals surface area contributed by atoms with Gasteiger partial charge in [-0.15, -0.1) is 0 Å². The monoisotopic (exact) mass is 199 g/mol. The van der Waals surface area contributed by atoms with E-state index in [2.05, 4.69) is 6.58 Å². The van der Waals surface area contributed by atoms with Crippen LogP contribution in [0, 0.1) is 16.0 Å². The molecule has 0 N–H and O–H groups in total. The minimum atomic E-state index is -0.663. The molecule has 0 aromatic carbocycles. The lowest BCUT2D eigenvalue weighted by molar-refractivity contribution is -0.513. The van der Waals surface area contributed by atoms with Crippen LogP contribution >= 0.6 is 0 Å². The van der Waals surface area contributed by atoms with E-state index in [9.17, 15) is 14.9 Å². The number of nitrogens with zero attached hydrogens (tertiary/aromatic N) is 1. The highest BCUT2D eigenvalue weighted by Crippen LogP contribution is 2.16. The summed E-state index contributed by atoms with van der Waals surface area (Å²) in [6.45, 7) is 7.17. The highest BCUT2D eigenvalue weighted by molar-refractivity contribution is 5.49. The van der Waals surface area contributed by atoms with Crippen LogP contribution in [0.25, 0.3) is 0 Å². The van der Waals surface area contributed by atoms with Crippen LogP contribution in [0.15, 0.2) is 12.2 Å². The third-order valence-electron chi connectivity index (χ3n) is 2.25. The van der Waals surface area contributed by atoms with Crippen molar-refractivity contribution in [1.82, 2.24) is 0 Å². The van der Waals surface area contributed by atoms with E-state index >= 15 is 0 Å². The Morgan fingerprint density at radius 2 is 2.14 bits per heavy atom. The maximum Gasteiger partial charge on any atom is 0.233 e. The van der Waals surface area contributed by atoms with Crippen LogP contribution in [0.1, 0.15) is 33.1 Å². The number of hydrogen-bond acceptors (Lipinski definition) is 3. The molecule has 0 fully saturated rings. The smallest absolute Gasteiger partial charge is 0.233 e. The van der Waals surface area contributed by atoms with Crippen molar-refractivity contribution in [3.8, 4) is 0 Å². The third-order valence-corrected chi connectivity index (χ3v) is 2.25. The van der Waals surface area contributed by atoms with Crippen molar-refractivity contribution in [3.05, 3.63) is 22.3 Å². The van der Waals surface area contributed by atoms with Crippen molar-refractivity contribution in [2.24, 2.45) is 5.92 Å². The zero-order valence-corrected chi connectivity index (χ0v) is 8.73. The predicted octanol–water partition coefficient (Wildman–Crippen LogP) is 2.21. The summed E-state index contributed by atoms with van der Waals surface area (Å²) in [6, 6.07) is -0.663. The summed E-state index contributed by atoms with van der Waals surface area (Å²) in [6.07, 6.45) is 2.49. The highest BCUT2D eigenvalue weighted by atomic mass is 16.6. The summed E-state index contributed by atoms with van der Waals surface area (Å²) in [4.78, 5) is 20.5. The molecule has 0 saturated carbocycles. The molecule has 14 heavy (non-hydrogen) atoms. The van der Waals surface area contributed by atoms with E-state index in [-0.39, 0.29) is 10.8 Å². The minimum absolute atomic E-state index is 0.217. The molecular formula is C10H17NO3. The van der Waals surface area contributed by atoms with Crippen LogP contribution < -0.4 is 0 Å². The molecule has 0 aromatic heterocycles. The average Bonchev–Trinajstić information content (AvgIpc) is 2.03. The van der Waals surface area contributed by atoms with E-state index in [1.165, 1.54) is 0 Å². The first kappa shape index (κ1) is 12.8. The molecule has 2 atom stereocenters. The van der Waals surface area contributed by atoms with Crippen molar-refractivity contribution >= 4 is 6.29 Å². The van der Waals surface area contributed by atoms with Gasteiger partial charge in [0, 0.05) is 17.8 Å². The first-order valence-electron chi connectivity index (χ1n) is 4.71. The Labute approximate surface area is 84.1 Å². The summed E-state index contributed by atoms with van der Waals surface area (Å²) in [5, 5.41) is 10.6. The van der Waals surface area contributed by atoms with Gasteiger partial charge >= 0.3 is 0 Å². The van der Waals surface area contributed by atoms with Gasteiger partial charge in [-0.3, -0.25) is 10.1 Å². The Bertz CT molecular complexity index is 211. The molecule has 0 aliphatic carbocycles. The van der Waals surface area contributed by atoms with Crippen LogP contribution in [0.5, 0.6) is 0 Å². The van der Waals surface area contributed by atoms with Gasteiger partial charge < -0.3 is 4.79 Å². The summed E-state index contributed by atoms with van der Waals surface area (Å²) in [5.74, 6) is 0.217. The Hall–Kier alpha value is -1.19. The molecule has 0 aliphatic heterocycles. The lowest BCUT2D eigenvalue weighted by Crippen LogP contribution is -2.21. The molecule has 0 heterocycles. The Balaban J connectivity index is 4.00. The maximum atomic E-state index is 10.6. The second-order valence-electron chi connectivity index (χ2n) is 3.73. The number of hydrogen-bond donors (Lipinski definition) is 0. The largest absolute Gasteiger partial charge is 0.303 e. The quantitative estimate of drug-likeness (QED) is 0.273. The molecular weight excluding hydrogens is 182 g/mol. The van der Waals surface area contributed by atoms with Gasteiger partial charge in [-0.05, 0) is 24.8 Å². The van der Waals surface area contributed by atoms with Crippen LogP contribution in [0.2, 0.25) is 0 Å². The number of carbonyl (C=O) groups excluding carboxylic acids is 1. The van der Waals surface area contributed by atoms with Crippen LogP contribution in [0.4, 0.5) is 0 Å². The van der Waals surface area contributed by atoms with E-state index in [1.807, 2.05) is 6.92 Å². The molecule has 0 saturated heterocycles. The van der Waals surface area contributed by atoms with Gasteiger partial charge in [0.05, 0.1) is 0 Å². The Morgan fingerprint density at radius 3 is 2.50 bits per heavy atom. The number of carbonyl (C=O) groups is 1. The molecule has 4 nitrogen and oxygen atoms in total. The van der Waals surface area contributed by atoms with Crippen molar-refractivity contribution < 1.29 is 9.72 Å². The number of rotatable bonds is 7. The van der Waals surface area contributed by atoms with Gasteiger partial charge in [-0.25, -0.2) is 0 Å². The normalized spacial score (nSPS) is 14.4. The fourth-order valence-corrected chi connectivity index (χ4v) is 1.26. The first-order chi connectivity index (χ1) is 6.49. The molecule has 0 spiro atoms. The summed E-state index contributed by atoms with van der Waals surface area (Å²) >= 11 is 0. The lowest BCUT2D eigenvalue weighted by atomic mass is 9.97. The second-order valence-corrected chi connectivity index (χ2v) is 3.73. The van der Waals surface area contributed by atoms with Crippen LogP contribution in [0.3, 0.4) is 0 Å². The first-order valence-corrected chi connectivity index (χ1v) is 4.71. The number of aldehydes is 1. The maximum absolute atomic E-state index is 10.6. The van der Waals surface area contributed by atoms with Gasteiger partial charge in [-0.2, -0.15) is 0 Å². The fraction of sp³-hybridized carbons (Fsp3) is 0.700. The molecule has 0 rings (SSSR count). The Morgan fingerprint density at radius 1 is 1.57 bits per heavy atom. The van der Waals surface area contributed by atoms with Crippen molar-refractivity contribution in [2.75, 3.05) is 0 Å². The van der Waals surface area contributed by atoms with E-state index in [4.69, 9.17) is 0 Å². The fourth-order valence-electron chi connectivity index (χ4n) is 1.26. The predicted molar refractivity (Wildman–Crippen MR) is 54.7 cm³/mol. The molecule has 0 aromatic rings. The zero-order chi connectivity index (χ0) is 11.1. The minimum Gasteiger partial charge on any atom is -0.303 e. The van der Waals surface area contributed by atoms with Crippen molar-refractivity contribution in [2.45, 2.75) is 39.2 Å². The topological polar surface area (TPSA) is 60.2 Å². The van der Waals surface area contributed by atoms with E-state index in [1.54, 1.807) is 6.92 Å². The standard InChI is InChI=1S/C10H17NO3/c1-8(2)10(11(13)14)5-4-9(3)6-7-12/h7,9-10H,1,4-6H2,2-3H3/t9-,10?/m0/s1. The van der Waals surface area contributed by atoms with Gasteiger partial charge in [0.25, 0.3) is 0 Å². The molecule has 0 bridgehead atoms. The lowest BCUT2D eigenvalue weighted by Gasteiger charge is -2.11. The van der Waals surface area contributed by atoms with Crippen LogP contribution in [-0.4, -0.2) is 17.3 Å². The van der Waals surface area contributed by atoms with Crippen molar-refractivity contribution in [1.29, 1.82) is 0 Å². The zero-order valence-electron chi connectivity index (χ0n) is 8.73. The summed E-state index contributed by atoms with van der Waals surface area (Å²) in [5.41, 5.74) is 0.577. The van der Waals surface area contributed by atoms with Gasteiger partial charge in [0.15, 0.2) is 0 Å². The Kier molecular flexibility index (Phi) is 5.76. The molecule has 1 unspecified atom stereocenters. The van der Waals surface area contributed by atoms with Gasteiger partial charge in [0.1, 0.15) is 6.29 Å². The van der Waals surface area contributed by atoms with Gasteiger partial charge in [0.2, 0.25) is 6.04 Å². The average molecular weight is 199 g/mol. The molecule has 0 aliphatic rings. The summed E-state index contributed by atoms with van der Waals surface area (Å²) in [7, 11) is 0. The molecule has 0 amide bonds. The van der Waals surface area contributed by atoms with E-state index < -0.39 is 6.04 Å². The van der Waals surface area contributed by atoms with Crippen LogP contribution in [-0.2, 0) is 4.79 Å². The van der Waals surface area contributed by atoms with Crippen molar-refractivity contribution in [3.63, 3.8) is 0 Å². The highest BCUT2D eigenvalue weighted by Gasteiger charge is 2.21. The second kappa shape index (κ2) is 6.29. The summed E-state index contributed by atoms with van der Waals surface area (Å²) < 4.78 is 0. The number of nitro groups is 1. The molecule has 0 radical (unpaired) electrons. The third kappa shape index (κ3) is 4.74. The van der Waals surface area contributed by atoms with Gasteiger partial charge in [-0.1, -0.05) is 13.5 Å². The molecule has 4 heteroatoms. The molecule has 80 valence electrons. The SMILES string of the molecule is C=C(C)C(CC[C@H](C)CC=O)[N+](=O)[O-]. The van der Waals surface area contributed by atoms with E-state index in [0.717, 1.165) is 6.29 Å².